The van der Waals surface area contributed by atoms with Crippen molar-refractivity contribution in [1.82, 2.24) is 9.80 Å². The Morgan fingerprint density at radius 2 is 1.50 bits per heavy atom. The fraction of sp³-hybridized carbons (Fsp3) is 0.419. The zero-order chi connectivity index (χ0) is 27.7. The lowest BCUT2D eigenvalue weighted by molar-refractivity contribution is -0.158. The van der Waals surface area contributed by atoms with Crippen LogP contribution in [0.2, 0.25) is 0 Å². The van der Waals surface area contributed by atoms with E-state index in [1.165, 1.54) is 6.42 Å². The summed E-state index contributed by atoms with van der Waals surface area (Å²) in [6, 6.07) is 10.8. The first kappa shape index (κ1) is 28.8. The van der Waals surface area contributed by atoms with Crippen LogP contribution in [0.1, 0.15) is 38.7 Å². The molecule has 3 rings (SSSR count). The first-order valence-corrected chi connectivity index (χ1v) is 13.1. The smallest absolute Gasteiger partial charge is 0.246 e. The van der Waals surface area contributed by atoms with E-state index >= 15 is 0 Å². The Hall–Kier alpha value is -3.74. The average Bonchev–Trinajstić information content (AvgIpc) is 2.94. The molecular formula is C31H40N2O5. The second-order valence-electron chi connectivity index (χ2n) is 9.45. The lowest BCUT2D eigenvalue weighted by Crippen LogP contribution is -2.63. The van der Waals surface area contributed by atoms with Gasteiger partial charge in [0.1, 0.15) is 12.1 Å². The summed E-state index contributed by atoms with van der Waals surface area (Å²) >= 11 is 0. The van der Waals surface area contributed by atoms with E-state index in [0.717, 1.165) is 29.5 Å². The van der Waals surface area contributed by atoms with E-state index in [2.05, 4.69) is 13.0 Å². The molecule has 0 aliphatic carbocycles. The van der Waals surface area contributed by atoms with Gasteiger partial charge in [-0.1, -0.05) is 68.3 Å². The van der Waals surface area contributed by atoms with Crippen molar-refractivity contribution in [3.05, 3.63) is 66.3 Å². The Bertz CT molecular complexity index is 1130. The molecule has 7 heteroatoms. The van der Waals surface area contributed by atoms with Crippen molar-refractivity contribution in [2.75, 3.05) is 34.9 Å². The van der Waals surface area contributed by atoms with Gasteiger partial charge in [-0.3, -0.25) is 9.59 Å². The zero-order valence-corrected chi connectivity index (χ0v) is 23.4. The van der Waals surface area contributed by atoms with E-state index in [0.29, 0.717) is 30.2 Å². The van der Waals surface area contributed by atoms with Crippen molar-refractivity contribution in [3.8, 4) is 28.4 Å². The maximum absolute atomic E-state index is 13.4. The zero-order valence-electron chi connectivity index (χ0n) is 23.4. The summed E-state index contributed by atoms with van der Waals surface area (Å²) in [6.45, 7) is 4.37. The number of ether oxygens (including phenoxy) is 3. The van der Waals surface area contributed by atoms with Gasteiger partial charge in [0.15, 0.2) is 11.5 Å². The topological polar surface area (TPSA) is 68.3 Å². The van der Waals surface area contributed by atoms with Crippen LogP contribution < -0.4 is 14.2 Å². The number of rotatable bonds is 12. The molecule has 2 atom stereocenters. The van der Waals surface area contributed by atoms with E-state index in [-0.39, 0.29) is 11.8 Å². The largest absolute Gasteiger partial charge is 0.493 e. The third-order valence-corrected chi connectivity index (χ3v) is 7.00. The second-order valence-corrected chi connectivity index (χ2v) is 9.45. The van der Waals surface area contributed by atoms with Crippen molar-refractivity contribution in [2.24, 2.45) is 0 Å². The van der Waals surface area contributed by atoms with Crippen LogP contribution in [0.3, 0.4) is 0 Å². The molecule has 1 aliphatic heterocycles. The number of hydrogen-bond acceptors (Lipinski definition) is 5. The Morgan fingerprint density at radius 1 is 0.868 bits per heavy atom. The number of likely N-dealkylation sites (N-methyl/N-ethyl adjacent to an activating group) is 1. The van der Waals surface area contributed by atoms with Gasteiger partial charge >= 0.3 is 0 Å². The van der Waals surface area contributed by atoms with Crippen molar-refractivity contribution in [2.45, 2.75) is 51.6 Å². The molecule has 1 aliphatic rings. The minimum atomic E-state index is -0.542. The first-order chi connectivity index (χ1) is 18.4. The van der Waals surface area contributed by atoms with Crippen LogP contribution in [0.5, 0.6) is 17.2 Å². The van der Waals surface area contributed by atoms with E-state index in [1.807, 2.05) is 54.6 Å². The van der Waals surface area contributed by atoms with Crippen LogP contribution in [-0.2, 0) is 16.0 Å². The molecule has 1 fully saturated rings. The van der Waals surface area contributed by atoms with Crippen molar-refractivity contribution < 1.29 is 23.8 Å². The van der Waals surface area contributed by atoms with Gasteiger partial charge < -0.3 is 24.0 Å². The molecule has 2 aromatic carbocycles. The molecule has 7 nitrogen and oxygen atoms in total. The highest BCUT2D eigenvalue weighted by molar-refractivity contribution is 5.97. The lowest BCUT2D eigenvalue weighted by Gasteiger charge is -2.42. The highest BCUT2D eigenvalue weighted by atomic mass is 16.5. The number of unbranched alkanes of at least 4 members (excludes halogenated alkanes) is 2. The van der Waals surface area contributed by atoms with Gasteiger partial charge in [-0.25, -0.2) is 0 Å². The monoisotopic (exact) mass is 520 g/mol. The molecular weight excluding hydrogens is 480 g/mol. The summed E-state index contributed by atoms with van der Waals surface area (Å²) in [7, 11) is 6.48. The van der Waals surface area contributed by atoms with Gasteiger partial charge in [-0.05, 0) is 42.2 Å². The normalized spacial score (nSPS) is 18.1. The van der Waals surface area contributed by atoms with Crippen molar-refractivity contribution in [3.63, 3.8) is 0 Å². The highest BCUT2D eigenvalue weighted by Gasteiger charge is 2.41. The molecule has 38 heavy (non-hydrogen) atoms. The van der Waals surface area contributed by atoms with Crippen LogP contribution in [0.25, 0.3) is 11.1 Å². The predicted molar refractivity (Wildman–Crippen MR) is 151 cm³/mol. The minimum Gasteiger partial charge on any atom is -0.493 e. The summed E-state index contributed by atoms with van der Waals surface area (Å²) in [4.78, 5) is 29.7. The number of carbonyl (C=O) groups is 2. The Kier molecular flexibility index (Phi) is 10.4. The molecule has 1 heterocycles. The van der Waals surface area contributed by atoms with Gasteiger partial charge in [0, 0.05) is 20.0 Å². The van der Waals surface area contributed by atoms with Crippen LogP contribution in [-0.4, -0.2) is 68.6 Å². The minimum absolute atomic E-state index is 0.0343. The Labute approximate surface area is 226 Å². The molecule has 204 valence electrons. The van der Waals surface area contributed by atoms with E-state index in [4.69, 9.17) is 14.2 Å². The number of nitrogens with zero attached hydrogens (tertiary/aromatic N) is 2. The molecule has 0 aromatic heterocycles. The fourth-order valence-electron chi connectivity index (χ4n) is 4.66. The van der Waals surface area contributed by atoms with Crippen molar-refractivity contribution in [1.29, 1.82) is 0 Å². The van der Waals surface area contributed by atoms with Crippen LogP contribution in [0.15, 0.2) is 60.7 Å². The van der Waals surface area contributed by atoms with Crippen molar-refractivity contribution >= 4 is 11.8 Å². The molecule has 1 saturated heterocycles. The molecule has 0 N–H and O–H groups in total. The number of benzene rings is 2. The number of piperazine rings is 1. The Morgan fingerprint density at radius 3 is 2.08 bits per heavy atom. The lowest BCUT2D eigenvalue weighted by atomic mass is 9.96. The average molecular weight is 521 g/mol. The van der Waals surface area contributed by atoms with Gasteiger partial charge in [-0.2, -0.15) is 0 Å². The maximum Gasteiger partial charge on any atom is 0.246 e. The summed E-state index contributed by atoms with van der Waals surface area (Å²) in [5.41, 5.74) is 2.87. The standard InChI is InChI=1S/C31H40N2O5/c1-7-8-9-10-11-12-13-18-33-22(2)30(34)32(3)26(31(33)35)19-23-14-16-24(17-15-23)25-20-27(36-4)29(38-6)28(21-25)37-5/h10-17,20-22,26H,7-9,18-19H2,1-6H3/t22-,26-/m0/s1. The molecule has 0 bridgehead atoms. The van der Waals surface area contributed by atoms with E-state index in [9.17, 15) is 9.59 Å². The second kappa shape index (κ2) is 13.7. The van der Waals surface area contributed by atoms with Gasteiger partial charge in [-0.15, -0.1) is 0 Å². The van der Waals surface area contributed by atoms with Gasteiger partial charge in [0.25, 0.3) is 0 Å². The summed E-state index contributed by atoms with van der Waals surface area (Å²) < 4.78 is 16.4. The molecule has 0 saturated carbocycles. The summed E-state index contributed by atoms with van der Waals surface area (Å²) in [5.74, 6) is 1.63. The highest BCUT2D eigenvalue weighted by Crippen LogP contribution is 2.41. The van der Waals surface area contributed by atoms with Crippen LogP contribution in [0, 0.1) is 0 Å². The number of methoxy groups -OCH3 is 3. The SMILES string of the molecule is CCCCC=CC=CCN1C(=O)[C@H](Cc2ccc(-c3cc(OC)c(OC)c(OC)c3)cc2)N(C)C(=O)[C@@H]1C. The summed E-state index contributed by atoms with van der Waals surface area (Å²) in [6.07, 6.45) is 11.9. The Balaban J connectivity index is 1.75. The predicted octanol–water partition coefficient (Wildman–Crippen LogP) is 5.28. The number of allylic oxidation sites excluding steroid dienone is 3. The number of amides is 2. The molecule has 0 spiro atoms. The maximum atomic E-state index is 13.4. The van der Waals surface area contributed by atoms with Crippen LogP contribution in [0.4, 0.5) is 0 Å². The molecule has 0 unspecified atom stereocenters. The summed E-state index contributed by atoms with van der Waals surface area (Å²) in [5, 5.41) is 0. The third kappa shape index (κ3) is 6.57. The fourth-order valence-corrected chi connectivity index (χ4v) is 4.66. The number of carbonyl (C=O) groups excluding carboxylic acids is 2. The molecule has 2 amide bonds. The quantitative estimate of drug-likeness (QED) is 0.281. The number of hydrogen-bond donors (Lipinski definition) is 0. The van der Waals surface area contributed by atoms with E-state index < -0.39 is 12.1 Å². The molecule has 0 radical (unpaired) electrons. The van der Waals surface area contributed by atoms with Gasteiger partial charge in [0.2, 0.25) is 17.6 Å². The third-order valence-electron chi connectivity index (χ3n) is 7.00. The van der Waals surface area contributed by atoms with E-state index in [1.54, 1.807) is 45.1 Å². The molecule has 2 aromatic rings. The first-order valence-electron chi connectivity index (χ1n) is 13.1. The van der Waals surface area contributed by atoms with Gasteiger partial charge in [0.05, 0.1) is 21.3 Å². The van der Waals surface area contributed by atoms with Crippen LogP contribution >= 0.6 is 0 Å².